The monoisotopic (exact) mass is 240 g/mol. The molecule has 5 N–H and O–H groups in total. The smallest absolute Gasteiger partial charge is 0.268 e. The number of amides is 2. The quantitative estimate of drug-likeness (QED) is 0.351. The van der Waals surface area contributed by atoms with Crippen molar-refractivity contribution < 1.29 is 14.0 Å². The van der Waals surface area contributed by atoms with Gasteiger partial charge in [0.2, 0.25) is 5.91 Å². The van der Waals surface area contributed by atoms with Gasteiger partial charge in [0, 0.05) is 0 Å². The molecule has 7 heteroatoms. The molecule has 0 saturated heterocycles. The number of hydrazine groups is 1. The van der Waals surface area contributed by atoms with Crippen LogP contribution in [0.4, 0.5) is 0 Å². The van der Waals surface area contributed by atoms with E-state index in [1.165, 1.54) is 0 Å². The highest BCUT2D eigenvalue weighted by Gasteiger charge is 2.15. The molecule has 0 unspecified atom stereocenters. The van der Waals surface area contributed by atoms with E-state index in [9.17, 15) is 9.59 Å². The van der Waals surface area contributed by atoms with Crippen molar-refractivity contribution in [3.8, 4) is 0 Å². The van der Waals surface area contributed by atoms with Gasteiger partial charge in [-0.25, -0.2) is 5.84 Å². The van der Waals surface area contributed by atoms with Gasteiger partial charge < -0.3 is 10.2 Å². The zero-order chi connectivity index (χ0) is 13.0. The van der Waals surface area contributed by atoms with Crippen molar-refractivity contribution in [3.63, 3.8) is 0 Å². The number of primary amides is 1. The molecule has 1 heterocycles. The van der Waals surface area contributed by atoms with Crippen molar-refractivity contribution in [3.05, 3.63) is 23.2 Å². The number of nitrogens with one attached hydrogen (secondary N) is 1. The molecule has 0 saturated carbocycles. The van der Waals surface area contributed by atoms with Crippen LogP contribution in [0.3, 0.4) is 0 Å². The zero-order valence-corrected chi connectivity index (χ0v) is 9.82. The molecule has 0 atom stereocenters. The molecule has 0 spiro atoms. The molecule has 2 amide bonds. The van der Waals surface area contributed by atoms with Gasteiger partial charge in [-0.15, -0.1) is 0 Å². The van der Waals surface area contributed by atoms with E-state index in [0.717, 1.165) is 0 Å². The molecule has 7 nitrogen and oxygen atoms in total. The fraction of sp³-hybridized carbons (Fsp3) is 0.400. The number of hydrogen-bond donors (Lipinski definition) is 3. The standard InChI is InChI=1S/C10H16N4O3/c1-6-8(10(16)13-12)3-7(17-6)4-14(2)5-9(11)15/h3H,4-5,12H2,1-2H3,(H2,11,15)(H,13,16). The van der Waals surface area contributed by atoms with E-state index < -0.39 is 11.8 Å². The normalized spacial score (nSPS) is 10.6. The van der Waals surface area contributed by atoms with Crippen LogP contribution in [-0.2, 0) is 11.3 Å². The number of nitrogens with two attached hydrogens (primary N) is 2. The number of rotatable bonds is 5. The average molecular weight is 240 g/mol. The molecule has 0 radical (unpaired) electrons. The molecule has 0 aliphatic rings. The Bertz CT molecular complexity index is 427. The largest absolute Gasteiger partial charge is 0.464 e. The zero-order valence-electron chi connectivity index (χ0n) is 9.82. The van der Waals surface area contributed by atoms with Crippen LogP contribution in [0.5, 0.6) is 0 Å². The summed E-state index contributed by atoms with van der Waals surface area (Å²) in [6.07, 6.45) is 0. The number of nitrogens with zero attached hydrogens (tertiary/aromatic N) is 1. The molecule has 0 aromatic carbocycles. The van der Waals surface area contributed by atoms with Crippen LogP contribution < -0.4 is 17.0 Å². The Morgan fingerprint density at radius 1 is 1.53 bits per heavy atom. The maximum atomic E-state index is 11.3. The fourth-order valence-electron chi connectivity index (χ4n) is 1.51. The van der Waals surface area contributed by atoms with E-state index in [0.29, 0.717) is 23.6 Å². The molecule has 0 bridgehead atoms. The van der Waals surface area contributed by atoms with E-state index in [1.54, 1.807) is 24.9 Å². The third kappa shape index (κ3) is 3.58. The number of furan rings is 1. The molecular weight excluding hydrogens is 224 g/mol. The Kier molecular flexibility index (Phi) is 4.24. The topological polar surface area (TPSA) is 115 Å². The first kappa shape index (κ1) is 13.2. The predicted molar refractivity (Wildman–Crippen MR) is 60.6 cm³/mol. The van der Waals surface area contributed by atoms with Gasteiger partial charge in [-0.2, -0.15) is 0 Å². The molecular formula is C10H16N4O3. The van der Waals surface area contributed by atoms with Crippen LogP contribution >= 0.6 is 0 Å². The van der Waals surface area contributed by atoms with Crippen LogP contribution in [0.1, 0.15) is 21.9 Å². The summed E-state index contributed by atoms with van der Waals surface area (Å²) in [5.74, 6) is 5.26. The second-order valence-electron chi connectivity index (χ2n) is 3.79. The lowest BCUT2D eigenvalue weighted by molar-refractivity contribution is -0.119. The maximum absolute atomic E-state index is 11.3. The Labute approximate surface area is 98.7 Å². The van der Waals surface area contributed by atoms with Gasteiger partial charge in [-0.3, -0.25) is 19.9 Å². The van der Waals surface area contributed by atoms with Gasteiger partial charge in [0.15, 0.2) is 0 Å². The lowest BCUT2D eigenvalue weighted by Gasteiger charge is -2.11. The molecule has 0 aliphatic heterocycles. The van der Waals surface area contributed by atoms with E-state index >= 15 is 0 Å². The lowest BCUT2D eigenvalue weighted by atomic mass is 10.2. The Morgan fingerprint density at radius 3 is 2.71 bits per heavy atom. The average Bonchev–Trinajstić information content (AvgIpc) is 2.56. The van der Waals surface area contributed by atoms with Crippen LogP contribution in [0.25, 0.3) is 0 Å². The minimum absolute atomic E-state index is 0.123. The van der Waals surface area contributed by atoms with Gasteiger partial charge in [-0.1, -0.05) is 0 Å². The predicted octanol–water partition coefficient (Wildman–Crippen LogP) is -0.891. The van der Waals surface area contributed by atoms with Crippen LogP contribution in [0, 0.1) is 6.92 Å². The van der Waals surface area contributed by atoms with Crippen molar-refractivity contribution in [1.82, 2.24) is 10.3 Å². The highest BCUT2D eigenvalue weighted by atomic mass is 16.3. The lowest BCUT2D eigenvalue weighted by Crippen LogP contribution is -2.30. The molecule has 1 rings (SSSR count). The van der Waals surface area contributed by atoms with Gasteiger partial charge in [0.1, 0.15) is 11.5 Å². The molecule has 0 aliphatic carbocycles. The fourth-order valence-corrected chi connectivity index (χ4v) is 1.51. The van der Waals surface area contributed by atoms with Gasteiger partial charge >= 0.3 is 0 Å². The van der Waals surface area contributed by atoms with Crippen LogP contribution in [0.15, 0.2) is 10.5 Å². The second-order valence-corrected chi connectivity index (χ2v) is 3.79. The summed E-state index contributed by atoms with van der Waals surface area (Å²) >= 11 is 0. The van der Waals surface area contributed by atoms with E-state index in [1.807, 2.05) is 5.43 Å². The Balaban J connectivity index is 2.73. The third-order valence-corrected chi connectivity index (χ3v) is 2.20. The van der Waals surface area contributed by atoms with Crippen LogP contribution in [-0.4, -0.2) is 30.3 Å². The third-order valence-electron chi connectivity index (χ3n) is 2.20. The summed E-state index contributed by atoms with van der Waals surface area (Å²) in [5, 5.41) is 0. The maximum Gasteiger partial charge on any atom is 0.268 e. The van der Waals surface area contributed by atoms with E-state index in [-0.39, 0.29) is 6.54 Å². The van der Waals surface area contributed by atoms with Crippen molar-refractivity contribution in [2.24, 2.45) is 11.6 Å². The highest BCUT2D eigenvalue weighted by molar-refractivity contribution is 5.94. The molecule has 1 aromatic rings. The first-order valence-corrected chi connectivity index (χ1v) is 5.01. The first-order chi connectivity index (χ1) is 7.93. The summed E-state index contributed by atoms with van der Waals surface area (Å²) in [5.41, 5.74) is 7.48. The van der Waals surface area contributed by atoms with Gasteiger partial charge in [-0.05, 0) is 20.0 Å². The van der Waals surface area contributed by atoms with Gasteiger partial charge in [0.05, 0.1) is 18.7 Å². The molecule has 1 aromatic heterocycles. The van der Waals surface area contributed by atoms with Crippen molar-refractivity contribution in [2.45, 2.75) is 13.5 Å². The summed E-state index contributed by atoms with van der Waals surface area (Å²) in [4.78, 5) is 23.7. The number of hydrogen-bond acceptors (Lipinski definition) is 5. The van der Waals surface area contributed by atoms with E-state index in [2.05, 4.69) is 0 Å². The second kappa shape index (κ2) is 5.46. The van der Waals surface area contributed by atoms with Gasteiger partial charge in [0.25, 0.3) is 5.91 Å². The van der Waals surface area contributed by atoms with E-state index in [4.69, 9.17) is 16.0 Å². The summed E-state index contributed by atoms with van der Waals surface area (Å²) < 4.78 is 5.38. The summed E-state index contributed by atoms with van der Waals surface area (Å²) in [6, 6.07) is 1.59. The van der Waals surface area contributed by atoms with Crippen molar-refractivity contribution >= 4 is 11.8 Å². The number of likely N-dealkylation sites (N-methyl/N-ethyl adjacent to an activating group) is 1. The minimum atomic E-state index is -0.421. The van der Waals surface area contributed by atoms with Crippen LogP contribution in [0.2, 0.25) is 0 Å². The highest BCUT2D eigenvalue weighted by Crippen LogP contribution is 2.15. The van der Waals surface area contributed by atoms with Crippen molar-refractivity contribution in [2.75, 3.05) is 13.6 Å². The summed E-state index contributed by atoms with van der Waals surface area (Å²) in [7, 11) is 1.73. The molecule has 17 heavy (non-hydrogen) atoms. The minimum Gasteiger partial charge on any atom is -0.464 e. The first-order valence-electron chi connectivity index (χ1n) is 5.01. The number of nitrogen functional groups attached to an aromatic ring is 1. The SMILES string of the molecule is Cc1oc(CN(C)CC(N)=O)cc1C(=O)NN. The summed E-state index contributed by atoms with van der Waals surface area (Å²) in [6.45, 7) is 2.18. The molecule has 0 fully saturated rings. The van der Waals surface area contributed by atoms with Crippen molar-refractivity contribution in [1.29, 1.82) is 0 Å². The number of carbonyl (C=O) groups excluding carboxylic acids is 2. The Hall–Kier alpha value is -1.86. The molecule has 94 valence electrons. The number of aryl methyl sites for hydroxylation is 1. The number of carbonyl (C=O) groups is 2. The Morgan fingerprint density at radius 2 is 2.18 bits per heavy atom.